The molecule has 0 radical (unpaired) electrons. The molecule has 1 aliphatic rings. The Hall–Kier alpha value is -1.98. The average Bonchev–Trinajstić information content (AvgIpc) is 3.18. The fraction of sp³-hybridized carbons (Fsp3) is 0.333. The molecule has 5 heteroatoms. The number of hydrogen-bond acceptors (Lipinski definition) is 4. The molecule has 4 nitrogen and oxygen atoms in total. The third-order valence-electron chi connectivity index (χ3n) is 3.98. The van der Waals surface area contributed by atoms with E-state index < -0.39 is 0 Å². The van der Waals surface area contributed by atoms with Crippen LogP contribution in [-0.2, 0) is 11.3 Å². The first-order valence-corrected chi connectivity index (χ1v) is 8.66. The van der Waals surface area contributed by atoms with Crippen molar-refractivity contribution in [3.8, 4) is 0 Å². The number of hydrogen-bond donors (Lipinski definition) is 0. The summed E-state index contributed by atoms with van der Waals surface area (Å²) >= 11 is 1.74. The molecule has 2 heterocycles. The van der Waals surface area contributed by atoms with Gasteiger partial charge in [-0.2, -0.15) is 5.10 Å². The van der Waals surface area contributed by atoms with Gasteiger partial charge in [-0.15, -0.1) is 11.3 Å². The Morgan fingerprint density at radius 1 is 1.30 bits per heavy atom. The molecule has 0 saturated carbocycles. The van der Waals surface area contributed by atoms with E-state index in [0.717, 1.165) is 24.2 Å². The van der Waals surface area contributed by atoms with E-state index in [4.69, 9.17) is 0 Å². The van der Waals surface area contributed by atoms with Gasteiger partial charge in [-0.05, 0) is 36.5 Å². The third kappa shape index (κ3) is 3.86. The Kier molecular flexibility index (Phi) is 4.88. The lowest BCUT2D eigenvalue weighted by atomic mass is 10.1. The number of thiophene rings is 1. The van der Waals surface area contributed by atoms with Crippen molar-refractivity contribution in [3.63, 3.8) is 0 Å². The maximum absolute atomic E-state index is 12.4. The monoisotopic (exact) mass is 327 g/mol. The van der Waals surface area contributed by atoms with Gasteiger partial charge in [-0.3, -0.25) is 9.69 Å². The van der Waals surface area contributed by atoms with E-state index in [0.29, 0.717) is 13.1 Å². The van der Waals surface area contributed by atoms with Gasteiger partial charge < -0.3 is 0 Å². The zero-order valence-electron chi connectivity index (χ0n) is 13.5. The molecule has 0 bridgehead atoms. The second-order valence-electron chi connectivity index (χ2n) is 5.88. The van der Waals surface area contributed by atoms with Crippen molar-refractivity contribution in [2.75, 3.05) is 20.1 Å². The summed E-state index contributed by atoms with van der Waals surface area (Å²) in [6.07, 6.45) is 0.823. The average molecular weight is 327 g/mol. The SMILES string of the molecule is Cc1ccsc1CN(C)CC(=O)N1CCC(c2ccccc2)=N1. The molecule has 0 atom stereocenters. The maximum atomic E-state index is 12.4. The fourth-order valence-corrected chi connectivity index (χ4v) is 3.64. The number of nitrogens with zero attached hydrogens (tertiary/aromatic N) is 3. The summed E-state index contributed by atoms with van der Waals surface area (Å²) in [6.45, 7) is 3.98. The van der Waals surface area contributed by atoms with Crippen molar-refractivity contribution >= 4 is 23.0 Å². The summed E-state index contributed by atoms with van der Waals surface area (Å²) in [5.41, 5.74) is 3.39. The molecule has 1 aromatic heterocycles. The van der Waals surface area contributed by atoms with Gasteiger partial charge in [0.1, 0.15) is 0 Å². The lowest BCUT2D eigenvalue weighted by Crippen LogP contribution is -2.34. The summed E-state index contributed by atoms with van der Waals surface area (Å²) in [5, 5.41) is 8.21. The number of benzene rings is 1. The van der Waals surface area contributed by atoms with Crippen LogP contribution in [0, 0.1) is 6.92 Å². The predicted octanol–water partition coefficient (Wildman–Crippen LogP) is 3.12. The molecule has 0 saturated heterocycles. The van der Waals surface area contributed by atoms with E-state index >= 15 is 0 Å². The number of aryl methyl sites for hydroxylation is 1. The van der Waals surface area contributed by atoms with Crippen molar-refractivity contribution < 1.29 is 4.79 Å². The molecule has 2 aromatic rings. The Morgan fingerprint density at radius 3 is 2.78 bits per heavy atom. The van der Waals surface area contributed by atoms with Crippen LogP contribution in [0.4, 0.5) is 0 Å². The zero-order chi connectivity index (χ0) is 16.2. The summed E-state index contributed by atoms with van der Waals surface area (Å²) < 4.78 is 0. The van der Waals surface area contributed by atoms with Gasteiger partial charge >= 0.3 is 0 Å². The first kappa shape index (κ1) is 15.9. The molecule has 0 fully saturated rings. The third-order valence-corrected chi connectivity index (χ3v) is 4.99. The molecule has 0 spiro atoms. The zero-order valence-corrected chi connectivity index (χ0v) is 14.3. The number of carbonyl (C=O) groups excluding carboxylic acids is 1. The van der Waals surface area contributed by atoms with Gasteiger partial charge in [0.2, 0.25) is 0 Å². The quantitative estimate of drug-likeness (QED) is 0.846. The Balaban J connectivity index is 1.59. The fourth-order valence-electron chi connectivity index (χ4n) is 2.65. The van der Waals surface area contributed by atoms with E-state index in [2.05, 4.69) is 28.4 Å². The highest BCUT2D eigenvalue weighted by Gasteiger charge is 2.22. The minimum absolute atomic E-state index is 0.0626. The van der Waals surface area contributed by atoms with Gasteiger partial charge in [-0.25, -0.2) is 5.01 Å². The minimum Gasteiger partial charge on any atom is -0.292 e. The van der Waals surface area contributed by atoms with Gasteiger partial charge in [0.15, 0.2) is 0 Å². The van der Waals surface area contributed by atoms with Crippen LogP contribution in [0.25, 0.3) is 0 Å². The molecular weight excluding hydrogens is 306 g/mol. The van der Waals surface area contributed by atoms with E-state index in [1.54, 1.807) is 16.3 Å². The molecule has 23 heavy (non-hydrogen) atoms. The Morgan fingerprint density at radius 2 is 2.09 bits per heavy atom. The minimum atomic E-state index is 0.0626. The molecule has 1 aromatic carbocycles. The van der Waals surface area contributed by atoms with Crippen LogP contribution < -0.4 is 0 Å². The first-order chi connectivity index (χ1) is 11.1. The van der Waals surface area contributed by atoms with Gasteiger partial charge in [0.25, 0.3) is 5.91 Å². The second kappa shape index (κ2) is 7.06. The summed E-state index contributed by atoms with van der Waals surface area (Å²) in [6, 6.07) is 12.2. The summed E-state index contributed by atoms with van der Waals surface area (Å²) in [5.74, 6) is 0.0626. The van der Waals surface area contributed by atoms with Crippen molar-refractivity contribution in [3.05, 3.63) is 57.8 Å². The van der Waals surface area contributed by atoms with Gasteiger partial charge in [0, 0.05) is 17.8 Å². The Bertz CT molecular complexity index is 708. The maximum Gasteiger partial charge on any atom is 0.256 e. The molecule has 3 rings (SSSR count). The normalized spacial score (nSPS) is 14.4. The van der Waals surface area contributed by atoms with Crippen molar-refractivity contribution in [1.29, 1.82) is 0 Å². The van der Waals surface area contributed by atoms with Crippen LogP contribution in [0.2, 0.25) is 0 Å². The predicted molar refractivity (Wildman–Crippen MR) is 94.7 cm³/mol. The van der Waals surface area contributed by atoms with E-state index in [1.165, 1.54) is 10.4 Å². The van der Waals surface area contributed by atoms with Crippen molar-refractivity contribution in [1.82, 2.24) is 9.91 Å². The summed E-state index contributed by atoms with van der Waals surface area (Å²) in [4.78, 5) is 15.8. The highest BCUT2D eigenvalue weighted by atomic mass is 32.1. The Labute approximate surface area is 141 Å². The van der Waals surface area contributed by atoms with Crippen molar-refractivity contribution in [2.24, 2.45) is 5.10 Å². The lowest BCUT2D eigenvalue weighted by Gasteiger charge is -2.18. The van der Waals surface area contributed by atoms with Crippen LogP contribution in [0.15, 0.2) is 46.9 Å². The second-order valence-corrected chi connectivity index (χ2v) is 6.88. The number of hydrazone groups is 1. The van der Waals surface area contributed by atoms with Crippen LogP contribution in [-0.4, -0.2) is 41.7 Å². The van der Waals surface area contributed by atoms with Gasteiger partial charge in [-0.1, -0.05) is 30.3 Å². The topological polar surface area (TPSA) is 35.9 Å². The number of amides is 1. The number of likely N-dealkylation sites (N-methyl/N-ethyl adjacent to an activating group) is 1. The van der Waals surface area contributed by atoms with Crippen LogP contribution in [0.5, 0.6) is 0 Å². The molecule has 120 valence electrons. The van der Waals surface area contributed by atoms with E-state index in [9.17, 15) is 4.79 Å². The van der Waals surface area contributed by atoms with Crippen molar-refractivity contribution in [2.45, 2.75) is 19.9 Å². The van der Waals surface area contributed by atoms with E-state index in [-0.39, 0.29) is 5.91 Å². The molecule has 0 unspecified atom stereocenters. The molecular formula is C18H21N3OS. The molecule has 0 aliphatic carbocycles. The summed E-state index contributed by atoms with van der Waals surface area (Å²) in [7, 11) is 1.98. The number of carbonyl (C=O) groups is 1. The first-order valence-electron chi connectivity index (χ1n) is 7.78. The molecule has 1 aliphatic heterocycles. The largest absolute Gasteiger partial charge is 0.292 e. The van der Waals surface area contributed by atoms with Crippen LogP contribution in [0.1, 0.15) is 22.4 Å². The standard InChI is InChI=1S/C18H21N3OS/c1-14-9-11-23-17(14)12-20(2)13-18(22)21-10-8-16(19-21)15-6-4-3-5-7-15/h3-7,9,11H,8,10,12-13H2,1-2H3. The molecule has 1 amide bonds. The number of rotatable bonds is 5. The highest BCUT2D eigenvalue weighted by Crippen LogP contribution is 2.18. The molecule has 0 N–H and O–H groups in total. The highest BCUT2D eigenvalue weighted by molar-refractivity contribution is 7.10. The van der Waals surface area contributed by atoms with Gasteiger partial charge in [0.05, 0.1) is 18.8 Å². The lowest BCUT2D eigenvalue weighted by molar-refractivity contribution is -0.131. The smallest absolute Gasteiger partial charge is 0.256 e. The van der Waals surface area contributed by atoms with Crippen LogP contribution >= 0.6 is 11.3 Å². The van der Waals surface area contributed by atoms with Crippen LogP contribution in [0.3, 0.4) is 0 Å². The van der Waals surface area contributed by atoms with E-state index in [1.807, 2.05) is 37.4 Å².